The van der Waals surface area contributed by atoms with Gasteiger partial charge in [0.05, 0.1) is 40.9 Å². The van der Waals surface area contributed by atoms with Gasteiger partial charge in [0.2, 0.25) is 0 Å². The Balaban J connectivity index is 1.41. The van der Waals surface area contributed by atoms with Gasteiger partial charge in [-0.2, -0.15) is 0 Å². The molecule has 0 saturated carbocycles. The molecule has 3 aromatic rings. The fourth-order valence-corrected chi connectivity index (χ4v) is 4.31. The van der Waals surface area contributed by atoms with Crippen LogP contribution in [-0.2, 0) is 0 Å². The first kappa shape index (κ1) is 20.1. The molecule has 7 heteroatoms. The van der Waals surface area contributed by atoms with Gasteiger partial charge >= 0.3 is 0 Å². The van der Waals surface area contributed by atoms with Crippen molar-refractivity contribution in [2.24, 2.45) is 4.99 Å². The summed E-state index contributed by atoms with van der Waals surface area (Å²) in [4.78, 5) is 13.9. The first-order valence-corrected chi connectivity index (χ1v) is 11.0. The minimum Gasteiger partial charge on any atom is -0.382 e. The van der Waals surface area contributed by atoms with Crippen molar-refractivity contribution < 1.29 is 4.39 Å². The van der Waals surface area contributed by atoms with Crippen molar-refractivity contribution in [3.63, 3.8) is 0 Å². The van der Waals surface area contributed by atoms with Crippen molar-refractivity contribution in [2.75, 3.05) is 25.0 Å². The molecule has 1 unspecified atom stereocenters. The third kappa shape index (κ3) is 4.31. The lowest BCUT2D eigenvalue weighted by atomic mass is 9.99. The molecule has 1 saturated heterocycles. The summed E-state index contributed by atoms with van der Waals surface area (Å²) in [5, 5.41) is 7.49. The second-order valence-corrected chi connectivity index (χ2v) is 8.35. The van der Waals surface area contributed by atoms with Gasteiger partial charge < -0.3 is 10.6 Å². The van der Waals surface area contributed by atoms with Crippen molar-refractivity contribution in [1.82, 2.24) is 15.3 Å². The van der Waals surface area contributed by atoms with Crippen LogP contribution in [0.3, 0.4) is 0 Å². The van der Waals surface area contributed by atoms with Crippen LogP contribution in [0, 0.1) is 5.82 Å². The number of aromatic nitrogens is 2. The largest absolute Gasteiger partial charge is 0.382 e. The van der Waals surface area contributed by atoms with Gasteiger partial charge in [-0.25, -0.2) is 9.37 Å². The van der Waals surface area contributed by atoms with Gasteiger partial charge in [0.25, 0.3) is 0 Å². The third-order valence-electron chi connectivity index (χ3n) is 5.76. The van der Waals surface area contributed by atoms with Gasteiger partial charge in [-0.15, -0.1) is 0 Å². The Bertz CT molecular complexity index is 1180. The lowest BCUT2D eigenvalue weighted by molar-refractivity contribution is 0.414. The van der Waals surface area contributed by atoms with E-state index in [1.54, 1.807) is 6.07 Å². The molecule has 5 rings (SSSR count). The molecule has 2 aliphatic heterocycles. The lowest BCUT2D eigenvalue weighted by Crippen LogP contribution is -2.39. The minimum atomic E-state index is -0.346. The summed E-state index contributed by atoms with van der Waals surface area (Å²) in [5.41, 5.74) is 5.08. The van der Waals surface area contributed by atoms with E-state index < -0.39 is 0 Å². The first-order chi connectivity index (χ1) is 15.2. The fourth-order valence-electron chi connectivity index (χ4n) is 4.14. The Morgan fingerprint density at radius 1 is 1.13 bits per heavy atom. The van der Waals surface area contributed by atoms with Crippen LogP contribution in [0.2, 0.25) is 5.02 Å². The lowest BCUT2D eigenvalue weighted by Gasteiger charge is -2.24. The van der Waals surface area contributed by atoms with Gasteiger partial charge in [-0.05, 0) is 55.8 Å². The molecule has 2 N–H and O–H groups in total. The molecule has 2 aromatic heterocycles. The molecule has 1 fully saturated rings. The van der Waals surface area contributed by atoms with Gasteiger partial charge in [-0.1, -0.05) is 24.1 Å². The van der Waals surface area contributed by atoms with E-state index in [-0.39, 0.29) is 5.82 Å². The maximum absolute atomic E-state index is 14.4. The number of hydrogen-bond acceptors (Lipinski definition) is 5. The maximum Gasteiger partial charge on any atom is 0.132 e. The molecule has 0 spiro atoms. The second kappa shape index (κ2) is 8.73. The monoisotopic (exact) mass is 435 g/mol. The molecule has 5 nitrogen and oxygen atoms in total. The van der Waals surface area contributed by atoms with Gasteiger partial charge in [0.1, 0.15) is 5.82 Å². The van der Waals surface area contributed by atoms with Crippen LogP contribution in [0.15, 0.2) is 53.7 Å². The van der Waals surface area contributed by atoms with Crippen LogP contribution in [0.4, 0.5) is 10.1 Å². The number of benzene rings is 1. The molecular formula is C24H23ClFN5. The highest BCUT2D eigenvalue weighted by molar-refractivity contribution is 6.35. The Labute approximate surface area is 185 Å². The number of allylic oxidation sites excluding steroid dienone is 1. The van der Waals surface area contributed by atoms with E-state index in [4.69, 9.17) is 16.6 Å². The van der Waals surface area contributed by atoms with Crippen molar-refractivity contribution in [1.29, 1.82) is 0 Å². The highest BCUT2D eigenvalue weighted by atomic mass is 35.5. The molecule has 1 aromatic carbocycles. The van der Waals surface area contributed by atoms with E-state index >= 15 is 0 Å². The highest BCUT2D eigenvalue weighted by Gasteiger charge is 2.21. The Morgan fingerprint density at radius 2 is 2.06 bits per heavy atom. The van der Waals surface area contributed by atoms with Crippen LogP contribution < -0.4 is 10.6 Å². The number of piperidine rings is 1. The number of nitrogens with zero attached hydrogens (tertiary/aromatic N) is 3. The summed E-state index contributed by atoms with van der Waals surface area (Å²) >= 11 is 6.09. The zero-order valence-electron chi connectivity index (χ0n) is 17.0. The molecule has 158 valence electrons. The molecule has 0 amide bonds. The number of fused-ring (bicyclic) bond motifs is 1. The molecule has 0 aliphatic carbocycles. The first-order valence-electron chi connectivity index (χ1n) is 10.6. The minimum absolute atomic E-state index is 0.346. The smallest absolute Gasteiger partial charge is 0.132 e. The predicted octanol–water partition coefficient (Wildman–Crippen LogP) is 4.86. The van der Waals surface area contributed by atoms with Crippen molar-refractivity contribution >= 4 is 39.6 Å². The number of hydrogen-bond donors (Lipinski definition) is 2. The number of pyridine rings is 2. The van der Waals surface area contributed by atoms with Crippen LogP contribution in [0.5, 0.6) is 0 Å². The number of rotatable bonds is 5. The molecule has 4 heterocycles. The Hall–Kier alpha value is -2.83. The molecule has 31 heavy (non-hydrogen) atoms. The molecule has 0 bridgehead atoms. The standard InChI is InChI=1S/C24H23ClFN5/c25-15-4-5-20(26)19(11-15)24-18(8-10-28-24)21-6-7-22-23(31-21)12-17(14-30-22)29-13-16-3-1-2-9-27-16/h4-8,11-12,14,16,27,29H,1-3,9-10,13H2. The average molecular weight is 436 g/mol. The Morgan fingerprint density at radius 3 is 2.94 bits per heavy atom. The zero-order chi connectivity index (χ0) is 21.2. The topological polar surface area (TPSA) is 62.2 Å². The normalized spacial score (nSPS) is 18.7. The number of anilines is 1. The summed E-state index contributed by atoms with van der Waals surface area (Å²) in [6, 6.07) is 10.9. The van der Waals surface area contributed by atoms with Gasteiger partial charge in [-0.3, -0.25) is 9.98 Å². The number of nitrogens with one attached hydrogen (secondary N) is 2. The molecular weight excluding hydrogens is 413 g/mol. The van der Waals surface area contributed by atoms with E-state index in [2.05, 4.69) is 20.6 Å². The van der Waals surface area contributed by atoms with E-state index in [1.165, 1.54) is 31.4 Å². The summed E-state index contributed by atoms with van der Waals surface area (Å²) in [6.45, 7) is 2.44. The highest BCUT2D eigenvalue weighted by Crippen LogP contribution is 2.28. The van der Waals surface area contributed by atoms with Gasteiger partial charge in [0, 0.05) is 28.7 Å². The SMILES string of the molecule is Fc1ccc(Cl)cc1C1=NCC=C1c1ccc2ncc(NCC3CCCCN3)cc2n1. The summed E-state index contributed by atoms with van der Waals surface area (Å²) < 4.78 is 14.4. The predicted molar refractivity (Wildman–Crippen MR) is 124 cm³/mol. The van der Waals surface area contributed by atoms with Crippen LogP contribution in [-0.4, -0.2) is 41.4 Å². The van der Waals surface area contributed by atoms with E-state index in [9.17, 15) is 4.39 Å². The van der Waals surface area contributed by atoms with Crippen molar-refractivity contribution in [3.8, 4) is 0 Å². The van der Waals surface area contributed by atoms with Crippen molar-refractivity contribution in [3.05, 3.63) is 70.8 Å². The number of halogens is 2. The number of aliphatic imine (C=N–C) groups is 1. The van der Waals surface area contributed by atoms with Gasteiger partial charge in [0.15, 0.2) is 0 Å². The van der Waals surface area contributed by atoms with Crippen LogP contribution in [0.1, 0.15) is 30.5 Å². The second-order valence-electron chi connectivity index (χ2n) is 7.92. The van der Waals surface area contributed by atoms with Crippen LogP contribution in [0.25, 0.3) is 16.6 Å². The molecule has 1 atom stereocenters. The Kier molecular flexibility index (Phi) is 5.66. The maximum atomic E-state index is 14.4. The molecule has 0 radical (unpaired) electrons. The fraction of sp³-hybridized carbons (Fsp3) is 0.292. The van der Waals surface area contributed by atoms with E-state index in [1.807, 2.05) is 30.5 Å². The average Bonchev–Trinajstić information content (AvgIpc) is 3.29. The van der Waals surface area contributed by atoms with E-state index in [0.29, 0.717) is 28.9 Å². The van der Waals surface area contributed by atoms with E-state index in [0.717, 1.165) is 41.1 Å². The molecule has 2 aliphatic rings. The summed E-state index contributed by atoms with van der Waals surface area (Å²) in [7, 11) is 0. The third-order valence-corrected chi connectivity index (χ3v) is 6.00. The van der Waals surface area contributed by atoms with Crippen LogP contribution >= 0.6 is 11.6 Å². The zero-order valence-corrected chi connectivity index (χ0v) is 17.8. The quantitative estimate of drug-likeness (QED) is 0.600. The van der Waals surface area contributed by atoms with Crippen molar-refractivity contribution in [2.45, 2.75) is 25.3 Å². The summed E-state index contributed by atoms with van der Waals surface area (Å²) in [5.74, 6) is -0.346. The summed E-state index contributed by atoms with van der Waals surface area (Å²) in [6.07, 6.45) is 7.52.